The molecule has 18 heteroatoms. The summed E-state index contributed by atoms with van der Waals surface area (Å²) in [5, 5.41) is 30.3. The van der Waals surface area contributed by atoms with E-state index < -0.39 is 20.3 Å². The molecule has 16 nitrogen and oxygen atoms in total. The number of aromatic hydroxyl groups is 1. The molecule has 3 unspecified atom stereocenters. The van der Waals surface area contributed by atoms with Gasteiger partial charge in [0, 0.05) is 68.7 Å². The Bertz CT molecular complexity index is 2830. The molecule has 368 valence electrons. The van der Waals surface area contributed by atoms with E-state index in [9.17, 15) is 14.7 Å². The summed E-state index contributed by atoms with van der Waals surface area (Å²) in [6.07, 6.45) is 1.84. The minimum atomic E-state index is -2.25. The van der Waals surface area contributed by atoms with Crippen LogP contribution in [0.25, 0.3) is 21.7 Å². The highest BCUT2D eigenvalue weighted by Gasteiger charge is 2.48. The second kappa shape index (κ2) is 19.8. The van der Waals surface area contributed by atoms with Gasteiger partial charge in [0.05, 0.1) is 45.7 Å². The molecule has 2 amide bonds. The summed E-state index contributed by atoms with van der Waals surface area (Å²) >= 11 is 1.61. The number of aryl methyl sites for hydroxylation is 1. The second-order valence-electron chi connectivity index (χ2n) is 20.6. The van der Waals surface area contributed by atoms with Gasteiger partial charge in [-0.3, -0.25) is 9.59 Å². The fourth-order valence-corrected chi connectivity index (χ4v) is 11.7. The van der Waals surface area contributed by atoms with E-state index in [1.807, 2.05) is 75.7 Å². The van der Waals surface area contributed by atoms with E-state index in [1.54, 1.807) is 40.6 Å². The number of rotatable bonds is 14. The molecule has 3 aliphatic heterocycles. The van der Waals surface area contributed by atoms with Crippen LogP contribution in [0.5, 0.6) is 11.6 Å². The Morgan fingerprint density at radius 2 is 1.79 bits per heavy atom. The van der Waals surface area contributed by atoms with Crippen LogP contribution in [-0.4, -0.2) is 106 Å². The summed E-state index contributed by atoms with van der Waals surface area (Å²) in [5.74, 6) is 0.464. The zero-order valence-corrected chi connectivity index (χ0v) is 43.3. The summed E-state index contributed by atoms with van der Waals surface area (Å²) in [6.45, 7) is 22.3. The molecule has 4 aromatic heterocycles. The normalized spacial score (nSPS) is 19.1. The average Bonchev–Trinajstić information content (AvgIpc) is 4.10. The number of carbonyl (C=O) groups excluding carboxylic acids is 2. The maximum Gasteiger partial charge on any atom is 0.243 e. The van der Waals surface area contributed by atoms with Crippen LogP contribution >= 0.6 is 11.3 Å². The first-order valence-electron chi connectivity index (χ1n) is 24.2. The number of para-hydroxylation sites is 1. The number of phenols is 1. The number of nitrogens with one attached hydrogen (secondary N) is 2. The zero-order chi connectivity index (χ0) is 49.5. The van der Waals surface area contributed by atoms with Crippen molar-refractivity contribution in [1.82, 2.24) is 35.5 Å². The average molecular weight is 985 g/mol. The van der Waals surface area contributed by atoms with Gasteiger partial charge in [-0.1, -0.05) is 76.2 Å². The number of thiazole rings is 1. The summed E-state index contributed by atoms with van der Waals surface area (Å²) in [5.41, 5.74) is 8.62. The first-order valence-corrected chi connectivity index (χ1v) is 28.0. The largest absolute Gasteiger partial charge is 0.507 e. The van der Waals surface area contributed by atoms with Crippen LogP contribution in [0.1, 0.15) is 82.6 Å². The molecule has 0 aliphatic carbocycles. The lowest BCUT2D eigenvalue weighted by Crippen LogP contribution is -2.58. The summed E-state index contributed by atoms with van der Waals surface area (Å²) in [6, 6.07) is 22.2. The van der Waals surface area contributed by atoms with Gasteiger partial charge in [-0.05, 0) is 73.3 Å². The van der Waals surface area contributed by atoms with Gasteiger partial charge in [0.2, 0.25) is 17.7 Å². The molecule has 0 bridgehead atoms. The summed E-state index contributed by atoms with van der Waals surface area (Å²) < 4.78 is 19.0. The fraction of sp³-hybridized carbons (Fsp3) is 0.442. The topological polar surface area (TPSA) is 184 Å². The third-order valence-corrected chi connectivity index (χ3v) is 19.9. The van der Waals surface area contributed by atoms with E-state index in [4.69, 9.17) is 13.7 Å². The summed E-state index contributed by atoms with van der Waals surface area (Å²) in [4.78, 5) is 45.7. The molecular weight excluding hydrogens is 921 g/mol. The standard InChI is InChI=1S/C52H64N10O6SSi/c1-31(2)47(51(65)62-28-39(68-70(8,9)52(5,6)7)24-43(62)50(64)56-32(3)34-14-16-35(17-15-34)48-33(4)55-30-69-48)45-22-36(59-67-45)29-66-46-23-37(18-19-53-46)60-20-21-61-38(27-60)26-54-49-42(61)25-41(57-58-49)40-12-10-11-13-44(40)63/h10-19,22-23,25,30-32,38-39,43,47,63H,20-21,24,26-29H2,1-9H3,(H,54,58)(H,56,64)/t32-,38?,39?,43-,47?/m0/s1. The van der Waals surface area contributed by atoms with Crippen LogP contribution in [0.15, 0.2) is 89.0 Å². The lowest BCUT2D eigenvalue weighted by molar-refractivity contribution is -0.141. The zero-order valence-electron chi connectivity index (χ0n) is 41.5. The lowest BCUT2D eigenvalue weighted by Gasteiger charge is -2.46. The van der Waals surface area contributed by atoms with Crippen molar-refractivity contribution in [3.63, 3.8) is 0 Å². The van der Waals surface area contributed by atoms with Gasteiger partial charge in [0.25, 0.3) is 0 Å². The predicted molar refractivity (Wildman–Crippen MR) is 275 cm³/mol. The number of hydrogen-bond donors (Lipinski definition) is 3. The molecule has 0 spiro atoms. The van der Waals surface area contributed by atoms with Crippen molar-refractivity contribution >= 4 is 48.7 Å². The molecule has 6 aromatic rings. The van der Waals surface area contributed by atoms with Gasteiger partial charge >= 0.3 is 0 Å². The van der Waals surface area contributed by atoms with Crippen LogP contribution in [0, 0.1) is 12.8 Å². The number of anilines is 3. The molecule has 3 aliphatic rings. The second-order valence-corrected chi connectivity index (χ2v) is 26.2. The van der Waals surface area contributed by atoms with E-state index in [-0.39, 0.29) is 53.3 Å². The van der Waals surface area contributed by atoms with Gasteiger partial charge in [0.15, 0.2) is 14.1 Å². The number of likely N-dealkylation sites (tertiary alicyclic amines) is 1. The summed E-state index contributed by atoms with van der Waals surface area (Å²) in [7, 11) is -2.25. The molecular formula is C52H64N10O6SSi. The van der Waals surface area contributed by atoms with Crippen LogP contribution in [0.4, 0.5) is 17.2 Å². The van der Waals surface area contributed by atoms with Crippen LogP contribution in [0.2, 0.25) is 18.1 Å². The number of piperazine rings is 1. The smallest absolute Gasteiger partial charge is 0.243 e. The molecule has 2 fully saturated rings. The van der Waals surface area contributed by atoms with E-state index in [1.165, 1.54) is 0 Å². The molecule has 7 heterocycles. The number of aromatic nitrogens is 5. The van der Waals surface area contributed by atoms with Crippen molar-refractivity contribution in [1.29, 1.82) is 0 Å². The Balaban J connectivity index is 0.860. The Kier molecular flexibility index (Phi) is 13.8. The highest BCUT2D eigenvalue weighted by Crippen LogP contribution is 2.41. The maximum absolute atomic E-state index is 14.9. The lowest BCUT2D eigenvalue weighted by atomic mass is 9.91. The van der Waals surface area contributed by atoms with Crippen molar-refractivity contribution in [3.8, 4) is 33.3 Å². The molecule has 70 heavy (non-hydrogen) atoms. The van der Waals surface area contributed by atoms with Gasteiger partial charge in [0.1, 0.15) is 35.8 Å². The Morgan fingerprint density at radius 1 is 1.00 bits per heavy atom. The van der Waals surface area contributed by atoms with E-state index in [2.05, 4.69) is 91.8 Å². The van der Waals surface area contributed by atoms with Crippen molar-refractivity contribution < 1.29 is 28.4 Å². The number of hydrogen-bond acceptors (Lipinski definition) is 15. The SMILES string of the molecule is Cc1ncsc1-c1ccc([C@H](C)NC(=O)[C@@H]2CC(O[Si](C)(C)C(C)(C)C)CN2C(=O)C(c2cc(COc3cc(N4CCN5c6cc(-c7ccccc7O)nnc6NCC5C4)ccn3)no2)C(C)C)cc1. The molecule has 9 rings (SSSR count). The van der Waals surface area contributed by atoms with Crippen molar-refractivity contribution in [3.05, 3.63) is 107 Å². The van der Waals surface area contributed by atoms with Crippen molar-refractivity contribution in [2.45, 2.75) is 110 Å². The third-order valence-electron chi connectivity index (χ3n) is 14.4. The first kappa shape index (κ1) is 48.6. The van der Waals surface area contributed by atoms with Crippen molar-refractivity contribution in [2.75, 3.05) is 47.8 Å². The Hall–Kier alpha value is -6.37. The quantitative estimate of drug-likeness (QED) is 0.0879. The van der Waals surface area contributed by atoms with E-state index >= 15 is 0 Å². The third kappa shape index (κ3) is 10.1. The van der Waals surface area contributed by atoms with Crippen molar-refractivity contribution in [2.24, 2.45) is 5.92 Å². The molecule has 5 atom stereocenters. The highest BCUT2D eigenvalue weighted by atomic mass is 32.1. The maximum atomic E-state index is 14.9. The molecule has 2 saturated heterocycles. The molecule has 3 N–H and O–H groups in total. The van der Waals surface area contributed by atoms with Gasteiger partial charge in [-0.25, -0.2) is 9.97 Å². The number of phenolic OH excluding ortho intramolecular Hbond substituents is 1. The van der Waals surface area contributed by atoms with Crippen LogP contribution < -0.4 is 25.2 Å². The Morgan fingerprint density at radius 3 is 2.51 bits per heavy atom. The number of ether oxygens (including phenoxy) is 1. The van der Waals surface area contributed by atoms with E-state index in [0.717, 1.165) is 58.5 Å². The van der Waals surface area contributed by atoms with E-state index in [0.29, 0.717) is 48.1 Å². The number of nitrogens with zero attached hydrogens (tertiary/aromatic N) is 8. The highest BCUT2D eigenvalue weighted by molar-refractivity contribution is 7.13. The minimum absolute atomic E-state index is 0.0517. The van der Waals surface area contributed by atoms with Gasteiger partial charge < -0.3 is 44.1 Å². The molecule has 0 saturated carbocycles. The molecule has 0 radical (unpaired) electrons. The number of fused-ring (bicyclic) bond motifs is 3. The number of carbonyl (C=O) groups is 2. The first-order chi connectivity index (χ1) is 33.4. The monoisotopic (exact) mass is 984 g/mol. The van der Waals surface area contributed by atoms with Crippen LogP contribution in [-0.2, 0) is 20.6 Å². The predicted octanol–water partition coefficient (Wildman–Crippen LogP) is 8.97. The number of pyridine rings is 1. The number of amides is 2. The fourth-order valence-electron chi connectivity index (χ4n) is 9.49. The van der Waals surface area contributed by atoms with Crippen LogP contribution in [0.3, 0.4) is 0 Å². The Labute approximate surface area is 415 Å². The van der Waals surface area contributed by atoms with Gasteiger partial charge in [-0.2, -0.15) is 0 Å². The minimum Gasteiger partial charge on any atom is -0.507 e. The number of benzene rings is 2. The molecule has 2 aromatic carbocycles. The van der Waals surface area contributed by atoms with Gasteiger partial charge in [-0.15, -0.1) is 21.5 Å².